The number of nitrogens with zero attached hydrogens (tertiary/aromatic N) is 4. The van der Waals surface area contributed by atoms with Gasteiger partial charge in [0, 0.05) is 11.4 Å². The van der Waals surface area contributed by atoms with E-state index >= 15 is 0 Å². The van der Waals surface area contributed by atoms with Crippen LogP contribution in [0.4, 0.5) is 0 Å². The lowest BCUT2D eigenvalue weighted by Gasteiger charge is -2.10. The van der Waals surface area contributed by atoms with Gasteiger partial charge in [0.25, 0.3) is 5.56 Å². The van der Waals surface area contributed by atoms with Crippen molar-refractivity contribution in [3.63, 3.8) is 0 Å². The van der Waals surface area contributed by atoms with Crippen LogP contribution in [0.5, 0.6) is 0 Å². The fourth-order valence-electron chi connectivity index (χ4n) is 3.61. The van der Waals surface area contributed by atoms with Crippen LogP contribution in [0.2, 0.25) is 5.02 Å². The summed E-state index contributed by atoms with van der Waals surface area (Å²) in [6.07, 6.45) is 8.95. The molecule has 0 saturated heterocycles. The first kappa shape index (κ1) is 17.7. The first-order chi connectivity index (χ1) is 13.1. The minimum Gasteiger partial charge on any atom is -0.273 e. The summed E-state index contributed by atoms with van der Waals surface area (Å²) < 4.78 is 2.68. The van der Waals surface area contributed by atoms with Gasteiger partial charge in [-0.25, -0.2) is 14.3 Å². The van der Waals surface area contributed by atoms with Gasteiger partial charge in [0.1, 0.15) is 11.7 Å². The SMILES string of the molecule is O=C(CCC1CCCC1)Nn1cnc2c(cnn2-c2cccc(Cl)c2)c1=O. The molecular weight excluding hydrogens is 366 g/mol. The molecule has 2 aromatic heterocycles. The zero-order valence-electron chi connectivity index (χ0n) is 14.8. The summed E-state index contributed by atoms with van der Waals surface area (Å²) in [4.78, 5) is 29.2. The molecule has 1 saturated carbocycles. The van der Waals surface area contributed by atoms with Gasteiger partial charge in [-0.1, -0.05) is 43.4 Å². The van der Waals surface area contributed by atoms with Crippen molar-refractivity contribution in [2.24, 2.45) is 5.92 Å². The Bertz CT molecular complexity index is 1040. The fourth-order valence-corrected chi connectivity index (χ4v) is 3.80. The highest BCUT2D eigenvalue weighted by molar-refractivity contribution is 6.30. The van der Waals surface area contributed by atoms with Gasteiger partial charge in [0.15, 0.2) is 5.65 Å². The van der Waals surface area contributed by atoms with Gasteiger partial charge in [0.2, 0.25) is 5.91 Å². The van der Waals surface area contributed by atoms with Crippen molar-refractivity contribution in [2.45, 2.75) is 38.5 Å². The maximum absolute atomic E-state index is 12.7. The van der Waals surface area contributed by atoms with Crippen LogP contribution in [0.15, 0.2) is 41.6 Å². The van der Waals surface area contributed by atoms with E-state index in [0.29, 0.717) is 34.1 Å². The van der Waals surface area contributed by atoms with E-state index in [1.807, 2.05) is 6.07 Å². The Balaban J connectivity index is 1.54. The molecule has 3 aromatic rings. The average Bonchev–Trinajstić information content (AvgIpc) is 3.32. The topological polar surface area (TPSA) is 81.8 Å². The van der Waals surface area contributed by atoms with E-state index in [1.165, 1.54) is 38.2 Å². The summed E-state index contributed by atoms with van der Waals surface area (Å²) in [5.74, 6) is 0.455. The number of aromatic nitrogens is 4. The Morgan fingerprint density at radius 1 is 1.30 bits per heavy atom. The Kier molecular flexibility index (Phi) is 4.94. The molecule has 4 rings (SSSR count). The van der Waals surface area contributed by atoms with Crippen LogP contribution in [0, 0.1) is 5.92 Å². The highest BCUT2D eigenvalue weighted by Gasteiger charge is 2.17. The molecule has 0 bridgehead atoms. The zero-order chi connectivity index (χ0) is 18.8. The second-order valence-corrected chi connectivity index (χ2v) is 7.35. The summed E-state index contributed by atoms with van der Waals surface area (Å²) in [5, 5.41) is 5.14. The van der Waals surface area contributed by atoms with Gasteiger partial charge in [-0.15, -0.1) is 0 Å². The van der Waals surface area contributed by atoms with Gasteiger partial charge in [-0.05, 0) is 30.5 Å². The number of benzene rings is 1. The van der Waals surface area contributed by atoms with Crippen LogP contribution >= 0.6 is 11.6 Å². The number of carbonyl (C=O) groups excluding carboxylic acids is 1. The predicted molar refractivity (Wildman–Crippen MR) is 104 cm³/mol. The van der Waals surface area contributed by atoms with E-state index in [4.69, 9.17) is 11.6 Å². The number of fused-ring (bicyclic) bond motifs is 1. The smallest absolute Gasteiger partial charge is 0.273 e. The molecule has 140 valence electrons. The average molecular weight is 386 g/mol. The Morgan fingerprint density at radius 3 is 2.89 bits per heavy atom. The zero-order valence-corrected chi connectivity index (χ0v) is 15.5. The highest BCUT2D eigenvalue weighted by Crippen LogP contribution is 2.28. The lowest BCUT2D eigenvalue weighted by Crippen LogP contribution is -2.33. The van der Waals surface area contributed by atoms with Crippen molar-refractivity contribution in [3.8, 4) is 5.69 Å². The quantitative estimate of drug-likeness (QED) is 0.730. The van der Waals surface area contributed by atoms with Crippen LogP contribution in [0.1, 0.15) is 38.5 Å². The van der Waals surface area contributed by atoms with Crippen molar-refractivity contribution in [1.29, 1.82) is 0 Å². The lowest BCUT2D eigenvalue weighted by molar-refractivity contribution is -0.117. The van der Waals surface area contributed by atoms with E-state index in [0.717, 1.165) is 11.1 Å². The third-order valence-corrected chi connectivity index (χ3v) is 5.28. The van der Waals surface area contributed by atoms with Gasteiger partial charge in [-0.2, -0.15) is 5.10 Å². The molecule has 0 atom stereocenters. The predicted octanol–water partition coefficient (Wildman–Crippen LogP) is 3.28. The van der Waals surface area contributed by atoms with E-state index in [9.17, 15) is 9.59 Å². The Hall–Kier alpha value is -2.67. The largest absolute Gasteiger partial charge is 0.283 e. The molecule has 1 aliphatic carbocycles. The summed E-state index contributed by atoms with van der Waals surface area (Å²) >= 11 is 6.03. The van der Waals surface area contributed by atoms with Crippen LogP contribution in [-0.2, 0) is 4.79 Å². The maximum atomic E-state index is 12.7. The van der Waals surface area contributed by atoms with Gasteiger partial charge in [0.05, 0.1) is 11.9 Å². The second kappa shape index (κ2) is 7.52. The van der Waals surface area contributed by atoms with Crippen molar-refractivity contribution >= 4 is 28.5 Å². The molecule has 7 nitrogen and oxygen atoms in total. The number of hydrogen-bond acceptors (Lipinski definition) is 4. The van der Waals surface area contributed by atoms with Gasteiger partial charge >= 0.3 is 0 Å². The second-order valence-electron chi connectivity index (χ2n) is 6.92. The van der Waals surface area contributed by atoms with Crippen LogP contribution < -0.4 is 11.0 Å². The minimum absolute atomic E-state index is 0.174. The normalized spacial score (nSPS) is 14.7. The van der Waals surface area contributed by atoms with Crippen molar-refractivity contribution < 1.29 is 4.79 Å². The number of rotatable bonds is 5. The number of carbonyl (C=O) groups is 1. The van der Waals surface area contributed by atoms with Crippen LogP contribution in [0.25, 0.3) is 16.7 Å². The third-order valence-electron chi connectivity index (χ3n) is 5.04. The van der Waals surface area contributed by atoms with E-state index < -0.39 is 0 Å². The highest BCUT2D eigenvalue weighted by atomic mass is 35.5. The number of hydrogen-bond donors (Lipinski definition) is 1. The molecule has 1 fully saturated rings. The molecule has 8 heteroatoms. The molecule has 0 aliphatic heterocycles. The molecule has 1 aliphatic rings. The Labute approximate surface area is 160 Å². The number of nitrogens with one attached hydrogen (secondary N) is 1. The summed E-state index contributed by atoms with van der Waals surface area (Å²) in [6.45, 7) is 0. The Morgan fingerprint density at radius 2 is 2.11 bits per heavy atom. The number of amides is 1. The number of halogens is 1. The monoisotopic (exact) mass is 385 g/mol. The molecule has 1 N–H and O–H groups in total. The molecule has 1 amide bonds. The van der Waals surface area contributed by atoms with Crippen molar-refractivity contribution in [1.82, 2.24) is 19.4 Å². The van der Waals surface area contributed by atoms with Gasteiger partial charge < -0.3 is 0 Å². The summed E-state index contributed by atoms with van der Waals surface area (Å²) in [5.41, 5.74) is 3.40. The van der Waals surface area contributed by atoms with Crippen molar-refractivity contribution in [3.05, 3.63) is 52.2 Å². The third kappa shape index (κ3) is 3.73. The lowest BCUT2D eigenvalue weighted by atomic mass is 10.0. The van der Waals surface area contributed by atoms with Crippen molar-refractivity contribution in [2.75, 3.05) is 5.43 Å². The molecular formula is C19H20ClN5O2. The van der Waals surface area contributed by atoms with Crippen LogP contribution in [0.3, 0.4) is 0 Å². The minimum atomic E-state index is -0.359. The standard InChI is InChI=1S/C19H20ClN5O2/c20-14-6-3-7-15(10-14)25-18-16(11-22-25)19(27)24(12-21-18)23-17(26)9-8-13-4-1-2-5-13/h3,6-7,10-13H,1-2,4-5,8-9H2,(H,23,26). The van der Waals surface area contributed by atoms with Gasteiger partial charge in [-0.3, -0.25) is 15.0 Å². The molecule has 0 unspecified atom stereocenters. The fraction of sp³-hybridized carbons (Fsp3) is 0.368. The first-order valence-corrected chi connectivity index (χ1v) is 9.51. The van der Waals surface area contributed by atoms with Crippen LogP contribution in [-0.4, -0.2) is 25.3 Å². The molecule has 0 spiro atoms. The molecule has 27 heavy (non-hydrogen) atoms. The van der Waals surface area contributed by atoms with E-state index in [2.05, 4.69) is 15.5 Å². The van der Waals surface area contributed by atoms with E-state index in [1.54, 1.807) is 22.9 Å². The molecule has 1 aromatic carbocycles. The first-order valence-electron chi connectivity index (χ1n) is 9.13. The molecule has 0 radical (unpaired) electrons. The summed E-state index contributed by atoms with van der Waals surface area (Å²) in [7, 11) is 0. The summed E-state index contributed by atoms with van der Waals surface area (Å²) in [6, 6.07) is 7.14. The maximum Gasteiger partial charge on any atom is 0.283 e. The van der Waals surface area contributed by atoms with E-state index in [-0.39, 0.29) is 11.5 Å². The molecule has 2 heterocycles.